The third-order valence-electron chi connectivity index (χ3n) is 4.23. The molecule has 0 spiro atoms. The highest BCUT2D eigenvalue weighted by Gasteiger charge is 2.38. The SMILES string of the molecule is CSc1ccc(NC(=O)[C@@H]2CCCCN2S(=O)(=O)c2ccc(Cl)s2)cc1. The molecule has 0 saturated carbocycles. The topological polar surface area (TPSA) is 66.5 Å². The van der Waals surface area contributed by atoms with Crippen molar-refractivity contribution in [3.05, 3.63) is 40.7 Å². The van der Waals surface area contributed by atoms with E-state index in [2.05, 4.69) is 5.32 Å². The summed E-state index contributed by atoms with van der Waals surface area (Å²) >= 11 is 8.52. The Morgan fingerprint density at radius 3 is 2.58 bits per heavy atom. The molecule has 1 saturated heterocycles. The second-order valence-electron chi connectivity index (χ2n) is 5.90. The van der Waals surface area contributed by atoms with Crippen molar-refractivity contribution in [2.24, 2.45) is 0 Å². The zero-order valence-corrected chi connectivity index (χ0v) is 17.3. The highest BCUT2D eigenvalue weighted by molar-refractivity contribution is 7.98. The van der Waals surface area contributed by atoms with Crippen molar-refractivity contribution in [2.45, 2.75) is 34.4 Å². The van der Waals surface area contributed by atoms with Crippen LogP contribution in [0.4, 0.5) is 5.69 Å². The molecule has 1 fully saturated rings. The first-order valence-corrected chi connectivity index (χ1v) is 12.0. The number of piperidine rings is 1. The molecular weight excluding hydrogens is 412 g/mol. The molecule has 0 radical (unpaired) electrons. The second-order valence-corrected chi connectivity index (χ2v) is 10.6. The summed E-state index contributed by atoms with van der Waals surface area (Å²) in [5, 5.41) is 2.84. The first kappa shape index (κ1) is 19.7. The van der Waals surface area contributed by atoms with Gasteiger partial charge in [-0.1, -0.05) is 18.0 Å². The maximum absolute atomic E-state index is 12.9. The summed E-state index contributed by atoms with van der Waals surface area (Å²) in [7, 11) is -3.74. The van der Waals surface area contributed by atoms with Crippen LogP contribution in [0.5, 0.6) is 0 Å². The number of carbonyl (C=O) groups is 1. The fraction of sp³-hybridized carbons (Fsp3) is 0.353. The van der Waals surface area contributed by atoms with Crippen molar-refractivity contribution < 1.29 is 13.2 Å². The number of hydrogen-bond donors (Lipinski definition) is 1. The standard InChI is InChI=1S/C17H19ClN2O3S3/c1-24-13-7-5-12(6-8-13)19-17(21)14-4-2-3-11-20(14)26(22,23)16-10-9-15(18)25-16/h5-10,14H,2-4,11H2,1H3,(H,19,21)/t14-/m0/s1. The lowest BCUT2D eigenvalue weighted by atomic mass is 10.0. The van der Waals surface area contributed by atoms with Crippen LogP contribution >= 0.6 is 34.7 Å². The molecule has 1 aromatic heterocycles. The summed E-state index contributed by atoms with van der Waals surface area (Å²) in [6, 6.07) is 9.83. The van der Waals surface area contributed by atoms with Gasteiger partial charge in [-0.05, 0) is 55.5 Å². The zero-order valence-electron chi connectivity index (χ0n) is 14.1. The molecule has 0 unspecified atom stereocenters. The Bertz CT molecular complexity index is 881. The van der Waals surface area contributed by atoms with Gasteiger partial charge in [0.2, 0.25) is 5.91 Å². The molecule has 140 valence electrons. The van der Waals surface area contributed by atoms with Gasteiger partial charge in [-0.2, -0.15) is 4.31 Å². The molecule has 2 heterocycles. The van der Waals surface area contributed by atoms with Crippen molar-refractivity contribution in [1.29, 1.82) is 0 Å². The minimum absolute atomic E-state index is 0.173. The van der Waals surface area contributed by atoms with Crippen LogP contribution < -0.4 is 5.32 Å². The largest absolute Gasteiger partial charge is 0.325 e. The van der Waals surface area contributed by atoms with E-state index in [1.54, 1.807) is 17.8 Å². The predicted octanol–water partition coefficient (Wildman–Crippen LogP) is 4.31. The molecule has 1 aliphatic rings. The fourth-order valence-corrected chi connectivity index (χ4v) is 6.58. The van der Waals surface area contributed by atoms with Crippen molar-refractivity contribution in [3.8, 4) is 0 Å². The van der Waals surface area contributed by atoms with Gasteiger partial charge in [0.15, 0.2) is 0 Å². The first-order chi connectivity index (χ1) is 12.4. The molecule has 9 heteroatoms. The molecule has 1 atom stereocenters. The molecule has 1 aliphatic heterocycles. The van der Waals surface area contributed by atoms with Crippen LogP contribution in [0.15, 0.2) is 45.5 Å². The van der Waals surface area contributed by atoms with Crippen molar-refractivity contribution in [3.63, 3.8) is 0 Å². The highest BCUT2D eigenvalue weighted by atomic mass is 35.5. The van der Waals surface area contributed by atoms with E-state index in [0.29, 0.717) is 23.0 Å². The molecule has 2 aromatic rings. The number of thiophene rings is 1. The van der Waals surface area contributed by atoms with Gasteiger partial charge in [0.05, 0.1) is 4.34 Å². The van der Waals surface area contributed by atoms with Gasteiger partial charge < -0.3 is 5.32 Å². The lowest BCUT2D eigenvalue weighted by molar-refractivity contribution is -0.120. The third-order valence-corrected chi connectivity index (χ3v) is 8.58. The summed E-state index contributed by atoms with van der Waals surface area (Å²) in [6.07, 6.45) is 4.05. The van der Waals surface area contributed by atoms with Gasteiger partial charge in [-0.15, -0.1) is 23.1 Å². The Kier molecular flexibility index (Phi) is 6.29. The van der Waals surface area contributed by atoms with Gasteiger partial charge in [-0.3, -0.25) is 4.79 Å². The minimum Gasteiger partial charge on any atom is -0.325 e. The molecular formula is C17H19ClN2O3S3. The average Bonchev–Trinajstić information content (AvgIpc) is 3.09. The number of rotatable bonds is 5. The number of halogens is 1. The van der Waals surface area contributed by atoms with Crippen molar-refractivity contribution in [1.82, 2.24) is 4.31 Å². The van der Waals surface area contributed by atoms with Gasteiger partial charge in [0.25, 0.3) is 10.0 Å². The van der Waals surface area contributed by atoms with Crippen LogP contribution in [0.3, 0.4) is 0 Å². The van der Waals surface area contributed by atoms with Crippen molar-refractivity contribution >= 4 is 56.3 Å². The van der Waals surface area contributed by atoms with Crippen LogP contribution in [0, 0.1) is 0 Å². The lowest BCUT2D eigenvalue weighted by Crippen LogP contribution is -2.49. The summed E-state index contributed by atoms with van der Waals surface area (Å²) in [5.74, 6) is -0.298. The molecule has 1 amide bonds. The Hall–Kier alpha value is -1.06. The van der Waals surface area contributed by atoms with E-state index in [1.807, 2.05) is 30.5 Å². The minimum atomic E-state index is -3.74. The van der Waals surface area contributed by atoms with E-state index in [-0.39, 0.29) is 10.1 Å². The van der Waals surface area contributed by atoms with E-state index < -0.39 is 16.1 Å². The number of carbonyl (C=O) groups excluding carboxylic acids is 1. The van der Waals surface area contributed by atoms with Crippen LogP contribution in [-0.4, -0.2) is 37.5 Å². The smallest absolute Gasteiger partial charge is 0.253 e. The van der Waals surface area contributed by atoms with E-state index >= 15 is 0 Å². The maximum Gasteiger partial charge on any atom is 0.253 e. The summed E-state index contributed by atoms with van der Waals surface area (Å²) < 4.78 is 27.8. The monoisotopic (exact) mass is 430 g/mol. The van der Waals surface area contributed by atoms with E-state index in [1.165, 1.54) is 10.4 Å². The molecule has 0 bridgehead atoms. The van der Waals surface area contributed by atoms with Crippen LogP contribution in [0.1, 0.15) is 19.3 Å². The molecule has 5 nitrogen and oxygen atoms in total. The van der Waals surface area contributed by atoms with Crippen LogP contribution in [0.2, 0.25) is 4.34 Å². The molecule has 1 N–H and O–H groups in total. The number of anilines is 1. The van der Waals surface area contributed by atoms with E-state index in [9.17, 15) is 13.2 Å². The maximum atomic E-state index is 12.9. The van der Waals surface area contributed by atoms with Gasteiger partial charge in [0, 0.05) is 17.1 Å². The molecule has 1 aromatic carbocycles. The van der Waals surface area contributed by atoms with E-state index in [4.69, 9.17) is 11.6 Å². The summed E-state index contributed by atoms with van der Waals surface area (Å²) in [5.41, 5.74) is 0.662. The second kappa shape index (κ2) is 8.31. The lowest BCUT2D eigenvalue weighted by Gasteiger charge is -2.33. The van der Waals surface area contributed by atoms with Gasteiger partial charge >= 0.3 is 0 Å². The molecule has 0 aliphatic carbocycles. The number of nitrogens with one attached hydrogen (secondary N) is 1. The first-order valence-electron chi connectivity index (χ1n) is 8.14. The average molecular weight is 431 g/mol. The Morgan fingerprint density at radius 2 is 1.96 bits per heavy atom. The summed E-state index contributed by atoms with van der Waals surface area (Å²) in [4.78, 5) is 13.9. The number of sulfonamides is 1. The van der Waals surface area contributed by atoms with Crippen molar-refractivity contribution in [2.75, 3.05) is 18.1 Å². The number of benzene rings is 1. The van der Waals surface area contributed by atoms with Gasteiger partial charge in [0.1, 0.15) is 10.3 Å². The van der Waals surface area contributed by atoms with Crippen LogP contribution in [0.25, 0.3) is 0 Å². The Labute approximate surface area is 166 Å². The quantitative estimate of drug-likeness (QED) is 0.718. The fourth-order valence-electron chi connectivity index (χ4n) is 2.91. The molecule has 3 rings (SSSR count). The highest BCUT2D eigenvalue weighted by Crippen LogP contribution is 2.32. The normalized spacial score (nSPS) is 18.6. The van der Waals surface area contributed by atoms with Gasteiger partial charge in [-0.25, -0.2) is 8.42 Å². The number of hydrogen-bond acceptors (Lipinski definition) is 5. The zero-order chi connectivity index (χ0) is 18.7. The summed E-state index contributed by atoms with van der Waals surface area (Å²) in [6.45, 7) is 0.335. The number of nitrogens with zero attached hydrogens (tertiary/aromatic N) is 1. The van der Waals surface area contributed by atoms with E-state index in [0.717, 1.165) is 29.1 Å². The third kappa shape index (κ3) is 4.26. The molecule has 26 heavy (non-hydrogen) atoms. The Balaban J connectivity index is 1.80. The Morgan fingerprint density at radius 1 is 1.23 bits per heavy atom. The predicted molar refractivity (Wildman–Crippen MR) is 108 cm³/mol. The number of amides is 1. The number of thioether (sulfide) groups is 1. The van der Waals surface area contributed by atoms with Crippen LogP contribution in [-0.2, 0) is 14.8 Å².